The second-order valence-electron chi connectivity index (χ2n) is 2.29. The maximum absolute atomic E-state index is 12.6. The van der Waals surface area contributed by atoms with Gasteiger partial charge in [-0.15, -0.1) is 0 Å². The van der Waals surface area contributed by atoms with Crippen molar-refractivity contribution in [3.63, 3.8) is 0 Å². The first kappa shape index (κ1) is 9.01. The summed E-state index contributed by atoms with van der Waals surface area (Å²) in [6.07, 6.45) is 0. The van der Waals surface area contributed by atoms with Crippen molar-refractivity contribution in [1.82, 2.24) is 0 Å². The third-order valence-electron chi connectivity index (χ3n) is 1.40. The first-order valence-electron chi connectivity index (χ1n) is 3.20. The van der Waals surface area contributed by atoms with Gasteiger partial charge in [0.15, 0.2) is 0 Å². The van der Waals surface area contributed by atoms with Crippen molar-refractivity contribution in [2.45, 2.75) is 11.8 Å². The van der Waals surface area contributed by atoms with Crippen molar-refractivity contribution in [1.29, 1.82) is 0 Å². The molecule has 0 fully saturated rings. The second kappa shape index (κ2) is 3.55. The first-order valence-corrected chi connectivity index (χ1v) is 4.49. The summed E-state index contributed by atoms with van der Waals surface area (Å²) >= 11 is 8.92. The monoisotopic (exact) mass is 236 g/mol. The summed E-state index contributed by atoms with van der Waals surface area (Å²) in [7, 11) is 0. The van der Waals surface area contributed by atoms with E-state index >= 15 is 0 Å². The van der Waals surface area contributed by atoms with Gasteiger partial charge in [0, 0.05) is 4.83 Å². The zero-order valence-electron chi connectivity index (χ0n) is 5.94. The SMILES string of the molecule is C[C@H](Br)c1ccc(F)c(Cl)c1. The molecule has 0 bridgehead atoms. The second-order valence-corrected chi connectivity index (χ2v) is 4.07. The van der Waals surface area contributed by atoms with Gasteiger partial charge in [0.1, 0.15) is 5.82 Å². The molecule has 1 aromatic carbocycles. The predicted molar refractivity (Wildman–Crippen MR) is 48.8 cm³/mol. The molecule has 0 N–H and O–H groups in total. The highest BCUT2D eigenvalue weighted by molar-refractivity contribution is 9.09. The molecule has 0 saturated heterocycles. The van der Waals surface area contributed by atoms with Crippen molar-refractivity contribution in [2.75, 3.05) is 0 Å². The van der Waals surface area contributed by atoms with Gasteiger partial charge in [0.2, 0.25) is 0 Å². The van der Waals surface area contributed by atoms with Crippen LogP contribution < -0.4 is 0 Å². The molecule has 0 saturated carbocycles. The van der Waals surface area contributed by atoms with Crippen LogP contribution >= 0.6 is 27.5 Å². The van der Waals surface area contributed by atoms with Crippen LogP contribution in [0.25, 0.3) is 0 Å². The number of alkyl halides is 1. The van der Waals surface area contributed by atoms with Gasteiger partial charge in [-0.1, -0.05) is 33.6 Å². The fraction of sp³-hybridized carbons (Fsp3) is 0.250. The van der Waals surface area contributed by atoms with Crippen LogP contribution in [0.3, 0.4) is 0 Å². The smallest absolute Gasteiger partial charge is 0.141 e. The number of halogens is 3. The lowest BCUT2D eigenvalue weighted by Crippen LogP contribution is -1.84. The van der Waals surface area contributed by atoms with E-state index in [2.05, 4.69) is 15.9 Å². The molecule has 0 spiro atoms. The minimum atomic E-state index is -0.372. The molecular formula is C8H7BrClF. The summed E-state index contributed by atoms with van der Waals surface area (Å²) in [4.78, 5) is 0.209. The highest BCUT2D eigenvalue weighted by atomic mass is 79.9. The molecule has 1 aromatic rings. The molecule has 0 radical (unpaired) electrons. The quantitative estimate of drug-likeness (QED) is 0.649. The van der Waals surface area contributed by atoms with Crippen LogP contribution in [0, 0.1) is 5.82 Å². The number of hydrogen-bond acceptors (Lipinski definition) is 0. The normalized spacial score (nSPS) is 13.1. The van der Waals surface area contributed by atoms with Gasteiger partial charge in [-0.3, -0.25) is 0 Å². The molecule has 0 aliphatic carbocycles. The molecule has 0 amide bonds. The van der Waals surface area contributed by atoms with Gasteiger partial charge in [0.25, 0.3) is 0 Å². The van der Waals surface area contributed by atoms with E-state index in [0.29, 0.717) is 0 Å². The predicted octanol–water partition coefficient (Wildman–Crippen LogP) is 3.94. The molecule has 1 atom stereocenters. The molecule has 0 unspecified atom stereocenters. The van der Waals surface area contributed by atoms with Crippen molar-refractivity contribution in [3.05, 3.63) is 34.6 Å². The Morgan fingerprint density at radius 2 is 2.18 bits per heavy atom. The van der Waals surface area contributed by atoms with E-state index in [1.807, 2.05) is 6.92 Å². The van der Waals surface area contributed by atoms with Gasteiger partial charge >= 0.3 is 0 Å². The average molecular weight is 237 g/mol. The Hall–Kier alpha value is -0.0800. The summed E-state index contributed by atoms with van der Waals surface area (Å²) in [5, 5.41) is 0.175. The minimum absolute atomic E-state index is 0.175. The summed E-state index contributed by atoms with van der Waals surface area (Å²) in [5.41, 5.74) is 0.983. The Morgan fingerprint density at radius 3 is 2.64 bits per heavy atom. The highest BCUT2D eigenvalue weighted by Crippen LogP contribution is 2.25. The Morgan fingerprint density at radius 1 is 1.55 bits per heavy atom. The van der Waals surface area contributed by atoms with E-state index in [1.54, 1.807) is 12.1 Å². The Balaban J connectivity index is 3.05. The van der Waals surface area contributed by atoms with E-state index in [9.17, 15) is 4.39 Å². The fourth-order valence-electron chi connectivity index (χ4n) is 0.760. The molecule has 0 aliphatic heterocycles. The standard InChI is InChI=1S/C8H7BrClF/c1-5(9)6-2-3-8(11)7(10)4-6/h2-5H,1H3/t5-/m0/s1. The Bertz CT molecular complexity index is 260. The van der Waals surface area contributed by atoms with Crippen LogP contribution in [0.4, 0.5) is 4.39 Å². The van der Waals surface area contributed by atoms with Crippen LogP contribution in [-0.4, -0.2) is 0 Å². The lowest BCUT2D eigenvalue weighted by molar-refractivity contribution is 0.627. The number of hydrogen-bond donors (Lipinski definition) is 0. The Kier molecular flexibility index (Phi) is 2.90. The topological polar surface area (TPSA) is 0 Å². The van der Waals surface area contributed by atoms with Crippen LogP contribution in [0.5, 0.6) is 0 Å². The van der Waals surface area contributed by atoms with E-state index in [0.717, 1.165) is 5.56 Å². The molecule has 0 nitrogen and oxygen atoms in total. The number of rotatable bonds is 1. The lowest BCUT2D eigenvalue weighted by atomic mass is 10.2. The zero-order chi connectivity index (χ0) is 8.43. The molecule has 0 aromatic heterocycles. The maximum Gasteiger partial charge on any atom is 0.141 e. The van der Waals surface area contributed by atoms with Crippen molar-refractivity contribution < 1.29 is 4.39 Å². The van der Waals surface area contributed by atoms with E-state index in [-0.39, 0.29) is 15.7 Å². The molecule has 1 rings (SSSR count). The van der Waals surface area contributed by atoms with Gasteiger partial charge in [0.05, 0.1) is 5.02 Å². The number of benzene rings is 1. The molecule has 3 heteroatoms. The van der Waals surface area contributed by atoms with Crippen LogP contribution in [0.2, 0.25) is 5.02 Å². The average Bonchev–Trinajstić information content (AvgIpc) is 1.94. The molecule has 11 heavy (non-hydrogen) atoms. The van der Waals surface area contributed by atoms with Crippen LogP contribution in [-0.2, 0) is 0 Å². The van der Waals surface area contributed by atoms with Gasteiger partial charge in [-0.2, -0.15) is 0 Å². The third kappa shape index (κ3) is 2.17. The van der Waals surface area contributed by atoms with Gasteiger partial charge < -0.3 is 0 Å². The maximum atomic E-state index is 12.6. The molecule has 0 aliphatic rings. The van der Waals surface area contributed by atoms with E-state index in [1.165, 1.54) is 6.07 Å². The zero-order valence-corrected chi connectivity index (χ0v) is 8.29. The largest absolute Gasteiger partial charge is 0.205 e. The molecule has 60 valence electrons. The lowest BCUT2D eigenvalue weighted by Gasteiger charge is -2.03. The van der Waals surface area contributed by atoms with Crippen LogP contribution in [0.15, 0.2) is 18.2 Å². The third-order valence-corrected chi connectivity index (χ3v) is 2.22. The van der Waals surface area contributed by atoms with Crippen molar-refractivity contribution >= 4 is 27.5 Å². The fourth-order valence-corrected chi connectivity index (χ4v) is 1.23. The van der Waals surface area contributed by atoms with Crippen LogP contribution in [0.1, 0.15) is 17.3 Å². The minimum Gasteiger partial charge on any atom is -0.205 e. The highest BCUT2D eigenvalue weighted by Gasteiger charge is 2.03. The van der Waals surface area contributed by atoms with Crippen molar-refractivity contribution in [3.8, 4) is 0 Å². The summed E-state index contributed by atoms with van der Waals surface area (Å²) in [5.74, 6) is -0.372. The van der Waals surface area contributed by atoms with Crippen molar-refractivity contribution in [2.24, 2.45) is 0 Å². The van der Waals surface area contributed by atoms with Gasteiger partial charge in [-0.05, 0) is 24.6 Å². The summed E-state index contributed by atoms with van der Waals surface area (Å²) < 4.78 is 12.6. The Labute approximate surface area is 78.5 Å². The van der Waals surface area contributed by atoms with Gasteiger partial charge in [-0.25, -0.2) is 4.39 Å². The summed E-state index contributed by atoms with van der Waals surface area (Å²) in [6.45, 7) is 1.96. The first-order chi connectivity index (χ1) is 5.11. The summed E-state index contributed by atoms with van der Waals surface area (Å²) in [6, 6.07) is 4.70. The van der Waals surface area contributed by atoms with E-state index in [4.69, 9.17) is 11.6 Å². The van der Waals surface area contributed by atoms with E-state index < -0.39 is 0 Å². The molecular weight excluding hydrogens is 230 g/mol. The molecule has 0 heterocycles.